The van der Waals surface area contributed by atoms with Crippen molar-refractivity contribution in [2.24, 2.45) is 0 Å². The molecular weight excluding hydrogens is 272 g/mol. The first-order valence-electron chi connectivity index (χ1n) is 4.95. The maximum Gasteiger partial charge on any atom is 0.514 e. The Morgan fingerprint density at radius 2 is 1.94 bits per heavy atom. The van der Waals surface area contributed by atoms with Crippen molar-refractivity contribution in [3.63, 3.8) is 0 Å². The maximum absolute atomic E-state index is 11.4. The molecule has 0 saturated heterocycles. The first-order chi connectivity index (χ1) is 7.28. The van der Waals surface area contributed by atoms with Crippen molar-refractivity contribution < 1.29 is 14.3 Å². The van der Waals surface area contributed by atoms with Crippen molar-refractivity contribution in [1.29, 1.82) is 0 Å². The summed E-state index contributed by atoms with van der Waals surface area (Å²) >= 11 is 3.31. The van der Waals surface area contributed by atoms with Gasteiger partial charge in [-0.25, -0.2) is 4.79 Å². The van der Waals surface area contributed by atoms with E-state index in [1.807, 2.05) is 19.1 Å². The Labute approximate surface area is 104 Å². The molecule has 1 aromatic rings. The summed E-state index contributed by atoms with van der Waals surface area (Å²) < 4.78 is 10.9. The van der Waals surface area contributed by atoms with Gasteiger partial charge in [0.25, 0.3) is 0 Å². The van der Waals surface area contributed by atoms with Crippen LogP contribution in [0.25, 0.3) is 0 Å². The van der Waals surface area contributed by atoms with Crippen LogP contribution in [0.1, 0.15) is 26.3 Å². The summed E-state index contributed by atoms with van der Waals surface area (Å²) in [6, 6.07) is 5.52. The normalized spacial score (nSPS) is 11.1. The minimum absolute atomic E-state index is 0.467. The van der Waals surface area contributed by atoms with E-state index in [1.165, 1.54) is 0 Å². The molecule has 0 aromatic heterocycles. The molecule has 0 aliphatic carbocycles. The van der Waals surface area contributed by atoms with Crippen LogP contribution in [0.3, 0.4) is 0 Å². The van der Waals surface area contributed by atoms with Crippen LogP contribution in [-0.2, 0) is 4.74 Å². The summed E-state index contributed by atoms with van der Waals surface area (Å²) in [6.45, 7) is 7.30. The molecule has 88 valence electrons. The quantitative estimate of drug-likeness (QED) is 0.577. The molecule has 0 amide bonds. The van der Waals surface area contributed by atoms with Crippen LogP contribution in [0.15, 0.2) is 22.7 Å². The fourth-order valence-electron chi connectivity index (χ4n) is 1.05. The van der Waals surface area contributed by atoms with Gasteiger partial charge in [-0.05, 0) is 61.3 Å². The van der Waals surface area contributed by atoms with Crippen LogP contribution in [0.2, 0.25) is 0 Å². The van der Waals surface area contributed by atoms with E-state index in [9.17, 15) is 4.79 Å². The zero-order valence-electron chi connectivity index (χ0n) is 9.83. The third-order valence-corrected chi connectivity index (χ3v) is 2.32. The summed E-state index contributed by atoms with van der Waals surface area (Å²) in [7, 11) is 0. The molecule has 4 heteroatoms. The molecule has 0 aliphatic heterocycles. The summed E-state index contributed by atoms with van der Waals surface area (Å²) in [5, 5.41) is 0. The second kappa shape index (κ2) is 4.87. The van der Waals surface area contributed by atoms with Crippen LogP contribution >= 0.6 is 15.9 Å². The molecule has 0 aliphatic rings. The van der Waals surface area contributed by atoms with Crippen LogP contribution in [0.4, 0.5) is 4.79 Å². The third-order valence-electron chi connectivity index (χ3n) is 1.67. The lowest BCUT2D eigenvalue weighted by Crippen LogP contribution is -2.26. The first kappa shape index (κ1) is 13.0. The molecule has 0 atom stereocenters. The number of halogens is 1. The number of aryl methyl sites for hydroxylation is 1. The number of carbonyl (C=O) groups excluding carboxylic acids is 1. The summed E-state index contributed by atoms with van der Waals surface area (Å²) in [5.74, 6) is 0.467. The van der Waals surface area contributed by atoms with Gasteiger partial charge in [-0.15, -0.1) is 0 Å². The maximum atomic E-state index is 11.4. The number of rotatable bonds is 1. The lowest BCUT2D eigenvalue weighted by Gasteiger charge is -2.19. The smallest absolute Gasteiger partial charge is 0.428 e. The van der Waals surface area contributed by atoms with Gasteiger partial charge in [0, 0.05) is 0 Å². The van der Waals surface area contributed by atoms with E-state index in [0.29, 0.717) is 5.75 Å². The monoisotopic (exact) mass is 286 g/mol. The van der Waals surface area contributed by atoms with Gasteiger partial charge in [-0.1, -0.05) is 6.07 Å². The van der Waals surface area contributed by atoms with Crippen molar-refractivity contribution in [2.45, 2.75) is 33.3 Å². The Balaban J connectivity index is 2.73. The van der Waals surface area contributed by atoms with E-state index in [1.54, 1.807) is 26.8 Å². The van der Waals surface area contributed by atoms with Crippen molar-refractivity contribution in [2.75, 3.05) is 0 Å². The minimum atomic E-state index is -0.696. The van der Waals surface area contributed by atoms with Crippen LogP contribution in [-0.4, -0.2) is 11.8 Å². The molecule has 0 unspecified atom stereocenters. The van der Waals surface area contributed by atoms with E-state index >= 15 is 0 Å². The van der Waals surface area contributed by atoms with Crippen molar-refractivity contribution in [3.05, 3.63) is 28.2 Å². The van der Waals surface area contributed by atoms with Gasteiger partial charge >= 0.3 is 6.16 Å². The summed E-state index contributed by atoms with van der Waals surface area (Å²) in [5.41, 5.74) is 0.467. The summed E-state index contributed by atoms with van der Waals surface area (Å²) in [6.07, 6.45) is -0.696. The highest BCUT2D eigenvalue weighted by atomic mass is 79.9. The highest BCUT2D eigenvalue weighted by Crippen LogP contribution is 2.26. The molecule has 1 aromatic carbocycles. The van der Waals surface area contributed by atoms with Gasteiger partial charge in [0.1, 0.15) is 11.4 Å². The molecule has 0 heterocycles. The first-order valence-corrected chi connectivity index (χ1v) is 5.74. The average molecular weight is 287 g/mol. The van der Waals surface area contributed by atoms with Gasteiger partial charge in [0.2, 0.25) is 0 Å². The molecule has 0 N–H and O–H groups in total. The number of ether oxygens (including phenoxy) is 2. The molecule has 0 radical (unpaired) electrons. The average Bonchev–Trinajstić information content (AvgIpc) is 2.08. The highest BCUT2D eigenvalue weighted by Gasteiger charge is 2.18. The Morgan fingerprint density at radius 3 is 2.50 bits per heavy atom. The van der Waals surface area contributed by atoms with Gasteiger partial charge < -0.3 is 9.47 Å². The van der Waals surface area contributed by atoms with Crippen molar-refractivity contribution in [1.82, 2.24) is 0 Å². The van der Waals surface area contributed by atoms with E-state index in [2.05, 4.69) is 15.9 Å². The van der Waals surface area contributed by atoms with Gasteiger partial charge in [-0.2, -0.15) is 0 Å². The SMILES string of the molecule is Cc1ccc(Br)c(OC(=O)OC(C)(C)C)c1. The molecule has 16 heavy (non-hydrogen) atoms. The second-order valence-electron chi connectivity index (χ2n) is 4.50. The van der Waals surface area contributed by atoms with Gasteiger partial charge in [-0.3, -0.25) is 0 Å². The molecule has 3 nitrogen and oxygen atoms in total. The number of carbonyl (C=O) groups is 1. The predicted molar refractivity (Wildman–Crippen MR) is 65.7 cm³/mol. The van der Waals surface area contributed by atoms with E-state index in [-0.39, 0.29) is 0 Å². The number of hydrogen-bond acceptors (Lipinski definition) is 3. The molecule has 1 rings (SSSR count). The van der Waals surface area contributed by atoms with Crippen LogP contribution < -0.4 is 4.74 Å². The minimum Gasteiger partial charge on any atom is -0.428 e. The van der Waals surface area contributed by atoms with Gasteiger partial charge in [0.15, 0.2) is 0 Å². The Bertz CT molecular complexity index is 394. The van der Waals surface area contributed by atoms with Crippen molar-refractivity contribution in [3.8, 4) is 5.75 Å². The molecule has 0 spiro atoms. The Hall–Kier alpha value is -1.03. The van der Waals surface area contributed by atoms with Gasteiger partial charge in [0.05, 0.1) is 4.47 Å². The molecule has 0 fully saturated rings. The number of hydrogen-bond donors (Lipinski definition) is 0. The molecule has 0 saturated carbocycles. The third kappa shape index (κ3) is 4.23. The second-order valence-corrected chi connectivity index (χ2v) is 5.35. The zero-order chi connectivity index (χ0) is 12.3. The fourth-order valence-corrected chi connectivity index (χ4v) is 1.38. The Kier molecular flexibility index (Phi) is 3.97. The van der Waals surface area contributed by atoms with Crippen molar-refractivity contribution >= 4 is 22.1 Å². The summed E-state index contributed by atoms with van der Waals surface area (Å²) in [4.78, 5) is 11.4. The zero-order valence-corrected chi connectivity index (χ0v) is 11.4. The highest BCUT2D eigenvalue weighted by molar-refractivity contribution is 9.10. The standard InChI is InChI=1S/C12H15BrO3/c1-8-5-6-9(13)10(7-8)15-11(14)16-12(2,3)4/h5-7H,1-4H3. The van der Waals surface area contributed by atoms with E-state index in [0.717, 1.165) is 10.0 Å². The largest absolute Gasteiger partial charge is 0.514 e. The molecule has 0 bridgehead atoms. The lowest BCUT2D eigenvalue weighted by atomic mass is 10.2. The lowest BCUT2D eigenvalue weighted by molar-refractivity contribution is 0.0205. The van der Waals surface area contributed by atoms with E-state index in [4.69, 9.17) is 9.47 Å². The predicted octanol–water partition coefficient (Wildman–Crippen LogP) is 4.07. The van der Waals surface area contributed by atoms with E-state index < -0.39 is 11.8 Å². The topological polar surface area (TPSA) is 35.5 Å². The fraction of sp³-hybridized carbons (Fsp3) is 0.417. The molecular formula is C12H15BrO3. The van der Waals surface area contributed by atoms with Crippen LogP contribution in [0.5, 0.6) is 5.75 Å². The Morgan fingerprint density at radius 1 is 1.31 bits per heavy atom. The van der Waals surface area contributed by atoms with Crippen LogP contribution in [0, 0.1) is 6.92 Å². The number of benzene rings is 1.